The molecule has 0 radical (unpaired) electrons. The molecule has 0 spiro atoms. The summed E-state index contributed by atoms with van der Waals surface area (Å²) in [5.41, 5.74) is -1.98. The van der Waals surface area contributed by atoms with E-state index in [2.05, 4.69) is 0 Å². The van der Waals surface area contributed by atoms with E-state index in [1.54, 1.807) is 0 Å². The zero-order chi connectivity index (χ0) is 8.20. The molecule has 0 aliphatic heterocycles. The van der Waals surface area contributed by atoms with Gasteiger partial charge in [0.05, 0.1) is 0 Å². The molecule has 0 unspecified atom stereocenters. The molecule has 0 heterocycles. The fourth-order valence-corrected chi connectivity index (χ4v) is 2.79. The van der Waals surface area contributed by atoms with Crippen molar-refractivity contribution >= 4 is 5.43 Å². The molecule has 0 amide bonds. The van der Waals surface area contributed by atoms with Gasteiger partial charge in [0.25, 0.3) is 0 Å². The van der Waals surface area contributed by atoms with E-state index in [9.17, 15) is 13.2 Å². The van der Waals surface area contributed by atoms with Crippen molar-refractivity contribution in [1.29, 1.82) is 0 Å². The zero-order valence-corrected chi connectivity index (χ0v) is 9.21. The van der Waals surface area contributed by atoms with Gasteiger partial charge >= 0.3 is 73.5 Å². The number of rotatable bonds is 3. The topological polar surface area (TPSA) is 0 Å². The Bertz CT molecular complexity index is 121. The van der Waals surface area contributed by atoms with E-state index in [1.165, 1.54) is 0 Å². The Morgan fingerprint density at radius 3 is 2.20 bits per heavy atom. The van der Waals surface area contributed by atoms with Crippen LogP contribution in [0.5, 0.6) is 0 Å². The minimum atomic E-state index is -3.85. The van der Waals surface area contributed by atoms with Crippen molar-refractivity contribution in [2.75, 3.05) is 0 Å². The van der Waals surface area contributed by atoms with E-state index < -0.39 is 11.2 Å². The van der Waals surface area contributed by atoms with Gasteiger partial charge in [-0.2, -0.15) is 0 Å². The molecule has 0 N–H and O–H groups in total. The van der Waals surface area contributed by atoms with Crippen molar-refractivity contribution in [3.8, 4) is 0 Å². The van der Waals surface area contributed by atoms with E-state index in [4.69, 9.17) is 0 Å². The second kappa shape index (κ2) is 4.70. The summed E-state index contributed by atoms with van der Waals surface area (Å²) in [4.78, 5) is 0. The molecule has 0 aromatic rings. The van der Waals surface area contributed by atoms with Crippen molar-refractivity contribution in [2.45, 2.75) is 31.6 Å². The van der Waals surface area contributed by atoms with E-state index in [0.29, 0.717) is 29.4 Å². The molecule has 10 heavy (non-hydrogen) atoms. The molecule has 0 saturated carbocycles. The summed E-state index contributed by atoms with van der Waals surface area (Å²) < 4.78 is 35.5. The first kappa shape index (κ1) is 10.9. The summed E-state index contributed by atoms with van der Waals surface area (Å²) in [5.74, 6) is -3.85. The molecule has 0 aromatic carbocycles. The summed E-state index contributed by atoms with van der Waals surface area (Å²) in [6.07, 6.45) is 1.61. The van der Waals surface area contributed by atoms with E-state index >= 15 is 0 Å². The second-order valence-corrected chi connectivity index (χ2v) is 8.55. The van der Waals surface area contributed by atoms with E-state index in [1.807, 2.05) is 6.92 Å². The van der Waals surface area contributed by atoms with Gasteiger partial charge < -0.3 is 0 Å². The Labute approximate surface area is 73.6 Å². The van der Waals surface area contributed by atoms with E-state index in [-0.39, 0.29) is 0 Å². The summed E-state index contributed by atoms with van der Waals surface area (Å²) in [6, 6.07) is 0.406. The molecule has 0 fully saturated rings. The minimum absolute atomic E-state index is 0.406. The van der Waals surface area contributed by atoms with Gasteiger partial charge in [-0.1, -0.05) is 0 Å². The van der Waals surface area contributed by atoms with Crippen LogP contribution in [0.2, 0.25) is 6.04 Å². The SMILES string of the molecule is CCCC[Si](=[Zr+2])C(F)(F)F. The normalized spacial score (nSPS) is 11.8. The van der Waals surface area contributed by atoms with Crippen LogP contribution in [0.4, 0.5) is 13.2 Å². The van der Waals surface area contributed by atoms with Crippen LogP contribution in [0.3, 0.4) is 0 Å². The number of halogens is 3. The fourth-order valence-electron chi connectivity index (χ4n) is 0.495. The molecule has 0 atom stereocenters. The van der Waals surface area contributed by atoms with Crippen molar-refractivity contribution < 1.29 is 36.5 Å². The zero-order valence-electron chi connectivity index (χ0n) is 5.76. The van der Waals surface area contributed by atoms with Crippen LogP contribution >= 0.6 is 0 Å². The molecule has 0 aliphatic carbocycles. The monoisotopic (exact) mass is 244 g/mol. The molecule has 0 rings (SSSR count). The average molecular weight is 245 g/mol. The predicted octanol–water partition coefficient (Wildman–Crippen LogP) is 2.43. The molecule has 0 aromatic heterocycles. The van der Waals surface area contributed by atoms with Gasteiger partial charge in [0.1, 0.15) is 0 Å². The van der Waals surface area contributed by atoms with Gasteiger partial charge in [-0.05, 0) is 0 Å². The van der Waals surface area contributed by atoms with Crippen LogP contribution < -0.4 is 0 Å². The van der Waals surface area contributed by atoms with Crippen LogP contribution in [0, 0.1) is 0 Å². The first-order valence-corrected chi connectivity index (χ1v) is 8.52. The Balaban J connectivity index is 3.64. The first-order valence-electron chi connectivity index (χ1n) is 3.13. The van der Waals surface area contributed by atoms with Crippen molar-refractivity contribution in [3.05, 3.63) is 0 Å². The van der Waals surface area contributed by atoms with Gasteiger partial charge in [0, 0.05) is 0 Å². The standard InChI is InChI=1S/C5H9F3Si.Zr/c1-2-3-4-9-5(6,7)8;/h2-4H2,1H3;/q;+2. The maximum absolute atomic E-state index is 11.8. The molecule has 0 saturated heterocycles. The summed E-state index contributed by atoms with van der Waals surface area (Å²) in [5, 5.41) is 0. The quantitative estimate of drug-likeness (QED) is 0.670. The summed E-state index contributed by atoms with van der Waals surface area (Å²) in [7, 11) is 0. The van der Waals surface area contributed by atoms with Crippen molar-refractivity contribution in [2.24, 2.45) is 0 Å². The number of hydrogen-bond acceptors (Lipinski definition) is 0. The Hall–Kier alpha value is 0.890. The third kappa shape index (κ3) is 4.67. The molecule has 0 bridgehead atoms. The van der Waals surface area contributed by atoms with Crippen molar-refractivity contribution in [3.63, 3.8) is 0 Å². The molecule has 56 valence electrons. The Kier molecular flexibility index (Phi) is 5.12. The van der Waals surface area contributed by atoms with Crippen LogP contribution in [-0.4, -0.2) is 11.2 Å². The van der Waals surface area contributed by atoms with Gasteiger partial charge in [-0.25, -0.2) is 0 Å². The molecular formula is C5H9F3SiZr+2. The first-order chi connectivity index (χ1) is 4.48. The number of hydrogen-bond donors (Lipinski definition) is 0. The number of alkyl halides is 3. The van der Waals surface area contributed by atoms with Gasteiger partial charge in [0.2, 0.25) is 0 Å². The van der Waals surface area contributed by atoms with Gasteiger partial charge in [-0.3, -0.25) is 0 Å². The van der Waals surface area contributed by atoms with Crippen LogP contribution in [-0.2, 0) is 23.3 Å². The molecule has 0 aliphatic rings. The Morgan fingerprint density at radius 1 is 1.40 bits per heavy atom. The third-order valence-corrected chi connectivity index (χ3v) is 6.59. The van der Waals surface area contributed by atoms with E-state index in [0.717, 1.165) is 12.8 Å². The van der Waals surface area contributed by atoms with Crippen LogP contribution in [0.1, 0.15) is 19.8 Å². The van der Waals surface area contributed by atoms with Gasteiger partial charge in [0.15, 0.2) is 0 Å². The molecular weight excluding hydrogens is 236 g/mol. The second-order valence-electron chi connectivity index (χ2n) is 2.08. The average Bonchev–Trinajstić information content (AvgIpc) is 1.80. The van der Waals surface area contributed by atoms with Crippen LogP contribution in [0.25, 0.3) is 0 Å². The fraction of sp³-hybridized carbons (Fsp3) is 1.00. The summed E-state index contributed by atoms with van der Waals surface area (Å²) in [6.45, 7) is 1.92. The Morgan fingerprint density at radius 2 is 1.90 bits per heavy atom. The molecule has 0 nitrogen and oxygen atoms in total. The van der Waals surface area contributed by atoms with Gasteiger partial charge in [-0.15, -0.1) is 0 Å². The summed E-state index contributed by atoms with van der Waals surface area (Å²) >= 11 is 0.689. The van der Waals surface area contributed by atoms with Crippen molar-refractivity contribution in [1.82, 2.24) is 0 Å². The molecule has 5 heteroatoms. The third-order valence-electron chi connectivity index (χ3n) is 1.12. The predicted molar refractivity (Wildman–Crippen MR) is 31.5 cm³/mol. The maximum atomic E-state index is 11.8. The van der Waals surface area contributed by atoms with Crippen LogP contribution in [0.15, 0.2) is 0 Å². The number of unbranched alkanes of at least 4 members (excludes halogenated alkanes) is 1.